The van der Waals surface area contributed by atoms with E-state index in [1.165, 1.54) is 25.8 Å². The van der Waals surface area contributed by atoms with Gasteiger partial charge < -0.3 is 16.0 Å². The molecule has 0 aromatic carbocycles. The molecule has 0 bridgehead atoms. The lowest BCUT2D eigenvalue weighted by Crippen LogP contribution is -2.42. The number of likely N-dealkylation sites (tertiary alicyclic amines) is 1. The summed E-state index contributed by atoms with van der Waals surface area (Å²) in [4.78, 5) is 13.5. The van der Waals surface area contributed by atoms with E-state index in [0.29, 0.717) is 0 Å². The van der Waals surface area contributed by atoms with Gasteiger partial charge in [0.15, 0.2) is 0 Å². The summed E-state index contributed by atoms with van der Waals surface area (Å²) in [6.07, 6.45) is 4.62. The number of nitrogens with one attached hydrogen (secondary N) is 1. The molecule has 15 heavy (non-hydrogen) atoms. The topological polar surface area (TPSA) is 58.4 Å². The van der Waals surface area contributed by atoms with Crippen LogP contribution in [0.2, 0.25) is 0 Å². The molecule has 1 rings (SSSR count). The van der Waals surface area contributed by atoms with Crippen LogP contribution >= 0.6 is 0 Å². The second-order valence-electron chi connectivity index (χ2n) is 4.27. The molecule has 2 atom stereocenters. The summed E-state index contributed by atoms with van der Waals surface area (Å²) in [7, 11) is 1.79. The third kappa shape index (κ3) is 3.47. The molecule has 0 aromatic heterocycles. The van der Waals surface area contributed by atoms with Crippen molar-refractivity contribution in [1.82, 2.24) is 10.2 Å². The van der Waals surface area contributed by atoms with Gasteiger partial charge in [0.1, 0.15) is 0 Å². The molecule has 1 amide bonds. The highest BCUT2D eigenvalue weighted by Gasteiger charge is 2.23. The molecule has 1 fully saturated rings. The lowest BCUT2D eigenvalue weighted by Gasteiger charge is -2.24. The minimum absolute atomic E-state index is 0.178. The van der Waals surface area contributed by atoms with Crippen LogP contribution in [0.3, 0.4) is 0 Å². The van der Waals surface area contributed by atoms with E-state index >= 15 is 0 Å². The molecular formula is C11H23N3O. The Labute approximate surface area is 92.2 Å². The molecule has 0 aromatic rings. The van der Waals surface area contributed by atoms with Crippen molar-refractivity contribution in [2.75, 3.05) is 20.1 Å². The molecule has 0 saturated carbocycles. The maximum absolute atomic E-state index is 11.0. The van der Waals surface area contributed by atoms with Crippen LogP contribution < -0.4 is 11.1 Å². The highest BCUT2D eigenvalue weighted by molar-refractivity contribution is 5.79. The van der Waals surface area contributed by atoms with E-state index in [4.69, 9.17) is 5.73 Å². The Hall–Kier alpha value is -0.610. The maximum Gasteiger partial charge on any atom is 0.234 e. The van der Waals surface area contributed by atoms with Crippen LogP contribution in [0.15, 0.2) is 0 Å². The van der Waals surface area contributed by atoms with Gasteiger partial charge in [0, 0.05) is 12.6 Å². The number of primary amides is 1. The van der Waals surface area contributed by atoms with Gasteiger partial charge in [-0.15, -0.1) is 0 Å². The molecule has 2 unspecified atom stereocenters. The second-order valence-corrected chi connectivity index (χ2v) is 4.27. The Morgan fingerprint density at radius 3 is 2.93 bits per heavy atom. The lowest BCUT2D eigenvalue weighted by atomic mass is 10.1. The first-order valence-electron chi connectivity index (χ1n) is 5.89. The quantitative estimate of drug-likeness (QED) is 0.668. The highest BCUT2D eigenvalue weighted by Crippen LogP contribution is 2.19. The van der Waals surface area contributed by atoms with Crippen molar-refractivity contribution in [3.63, 3.8) is 0 Å². The number of hydrogen-bond acceptors (Lipinski definition) is 3. The van der Waals surface area contributed by atoms with E-state index in [0.717, 1.165) is 19.0 Å². The van der Waals surface area contributed by atoms with Crippen molar-refractivity contribution in [2.45, 2.75) is 44.7 Å². The van der Waals surface area contributed by atoms with Gasteiger partial charge in [-0.25, -0.2) is 0 Å². The predicted octanol–water partition coefficient (Wildman–Crippen LogP) is 0.324. The van der Waals surface area contributed by atoms with Crippen molar-refractivity contribution in [3.05, 3.63) is 0 Å². The molecule has 0 aliphatic carbocycles. The van der Waals surface area contributed by atoms with Crippen LogP contribution in [0.5, 0.6) is 0 Å². The first-order valence-corrected chi connectivity index (χ1v) is 5.89. The molecule has 0 spiro atoms. The summed E-state index contributed by atoms with van der Waals surface area (Å²) < 4.78 is 0. The van der Waals surface area contributed by atoms with Gasteiger partial charge >= 0.3 is 0 Å². The van der Waals surface area contributed by atoms with Crippen molar-refractivity contribution < 1.29 is 4.79 Å². The minimum atomic E-state index is -0.246. The van der Waals surface area contributed by atoms with Gasteiger partial charge in [-0.2, -0.15) is 0 Å². The molecule has 4 nitrogen and oxygen atoms in total. The van der Waals surface area contributed by atoms with Crippen molar-refractivity contribution in [3.8, 4) is 0 Å². The molecule has 88 valence electrons. The minimum Gasteiger partial charge on any atom is -0.368 e. The van der Waals surface area contributed by atoms with Crippen molar-refractivity contribution in [1.29, 1.82) is 0 Å². The van der Waals surface area contributed by atoms with Gasteiger partial charge in [0.05, 0.1) is 6.04 Å². The predicted molar refractivity (Wildman–Crippen MR) is 61.5 cm³/mol. The van der Waals surface area contributed by atoms with Gasteiger partial charge in [-0.3, -0.25) is 4.79 Å². The Morgan fingerprint density at radius 1 is 1.67 bits per heavy atom. The van der Waals surface area contributed by atoms with Crippen LogP contribution in [0.4, 0.5) is 0 Å². The van der Waals surface area contributed by atoms with Crippen LogP contribution in [0.1, 0.15) is 32.6 Å². The zero-order valence-electron chi connectivity index (χ0n) is 9.83. The Balaban J connectivity index is 2.32. The summed E-state index contributed by atoms with van der Waals surface area (Å²) >= 11 is 0. The number of nitrogens with zero attached hydrogens (tertiary/aromatic N) is 1. The zero-order valence-corrected chi connectivity index (χ0v) is 9.83. The number of rotatable bonds is 6. The number of amides is 1. The Bertz CT molecular complexity index is 208. The van der Waals surface area contributed by atoms with Gasteiger partial charge in [-0.1, -0.05) is 6.92 Å². The number of nitrogens with two attached hydrogens (primary N) is 1. The van der Waals surface area contributed by atoms with E-state index in [-0.39, 0.29) is 11.9 Å². The zero-order chi connectivity index (χ0) is 11.3. The number of likely N-dealkylation sites (N-methyl/N-ethyl adjacent to an activating group) is 1. The van der Waals surface area contributed by atoms with Crippen LogP contribution in [0.25, 0.3) is 0 Å². The van der Waals surface area contributed by atoms with E-state index in [1.54, 1.807) is 7.05 Å². The fourth-order valence-corrected chi connectivity index (χ4v) is 2.38. The molecule has 4 heteroatoms. The average Bonchev–Trinajstić information content (AvgIpc) is 2.65. The van der Waals surface area contributed by atoms with Gasteiger partial charge in [0.2, 0.25) is 5.91 Å². The number of hydrogen-bond donors (Lipinski definition) is 2. The molecule has 1 saturated heterocycles. The molecule has 3 N–H and O–H groups in total. The van der Waals surface area contributed by atoms with Crippen LogP contribution in [-0.2, 0) is 4.79 Å². The fourth-order valence-electron chi connectivity index (χ4n) is 2.38. The monoisotopic (exact) mass is 213 g/mol. The SMILES string of the molecule is CCC1CCCN1CCC(NC)C(N)=O. The van der Waals surface area contributed by atoms with E-state index in [1.807, 2.05) is 0 Å². The standard InChI is InChI=1S/C11H23N3O/c1-3-9-5-4-7-14(9)8-6-10(13-2)11(12)15/h9-10,13H,3-8H2,1-2H3,(H2,12,15). The van der Waals surface area contributed by atoms with E-state index in [9.17, 15) is 4.79 Å². The normalized spacial score (nSPS) is 24.3. The molecule has 0 radical (unpaired) electrons. The largest absolute Gasteiger partial charge is 0.368 e. The second kappa shape index (κ2) is 6.08. The molecular weight excluding hydrogens is 190 g/mol. The lowest BCUT2D eigenvalue weighted by molar-refractivity contribution is -0.120. The van der Waals surface area contributed by atoms with Crippen LogP contribution in [0, 0.1) is 0 Å². The van der Waals surface area contributed by atoms with Crippen LogP contribution in [-0.4, -0.2) is 43.0 Å². The van der Waals surface area contributed by atoms with E-state index < -0.39 is 0 Å². The summed E-state index contributed by atoms with van der Waals surface area (Å²) in [5.74, 6) is -0.246. The first-order chi connectivity index (χ1) is 7.19. The van der Waals surface area contributed by atoms with Crippen molar-refractivity contribution >= 4 is 5.91 Å². The third-order valence-corrected chi connectivity index (χ3v) is 3.37. The molecule has 1 aliphatic heterocycles. The summed E-state index contributed by atoms with van der Waals surface area (Å²) in [6, 6.07) is 0.540. The van der Waals surface area contributed by atoms with E-state index in [2.05, 4.69) is 17.1 Å². The number of carbonyl (C=O) groups excluding carboxylic acids is 1. The Kier molecular flexibility index (Phi) is 5.05. The Morgan fingerprint density at radius 2 is 2.40 bits per heavy atom. The number of carbonyl (C=O) groups is 1. The molecule has 1 aliphatic rings. The first kappa shape index (κ1) is 12.5. The summed E-state index contributed by atoms with van der Waals surface area (Å²) in [6.45, 7) is 4.38. The molecule has 1 heterocycles. The average molecular weight is 213 g/mol. The smallest absolute Gasteiger partial charge is 0.234 e. The third-order valence-electron chi connectivity index (χ3n) is 3.37. The summed E-state index contributed by atoms with van der Waals surface area (Å²) in [5, 5.41) is 2.96. The maximum atomic E-state index is 11.0. The van der Waals surface area contributed by atoms with Crippen molar-refractivity contribution in [2.24, 2.45) is 5.73 Å². The fraction of sp³-hybridized carbons (Fsp3) is 0.909. The van der Waals surface area contributed by atoms with Gasteiger partial charge in [0.25, 0.3) is 0 Å². The summed E-state index contributed by atoms with van der Waals surface area (Å²) in [5.41, 5.74) is 5.28. The van der Waals surface area contributed by atoms with Gasteiger partial charge in [-0.05, 0) is 39.3 Å². The highest BCUT2D eigenvalue weighted by atomic mass is 16.1.